The van der Waals surface area contributed by atoms with Gasteiger partial charge < -0.3 is 4.74 Å². The summed E-state index contributed by atoms with van der Waals surface area (Å²) < 4.78 is 6.44. The molecule has 20 heavy (non-hydrogen) atoms. The molecule has 0 heterocycles. The molecule has 106 valence electrons. The van der Waals surface area contributed by atoms with Crippen molar-refractivity contribution in [1.82, 2.24) is 0 Å². The number of alkyl halides is 1. The summed E-state index contributed by atoms with van der Waals surface area (Å²) in [6.07, 6.45) is 0. The summed E-state index contributed by atoms with van der Waals surface area (Å²) in [5.41, 5.74) is 2.00. The lowest BCUT2D eigenvalue weighted by molar-refractivity contribution is 0.340. The fourth-order valence-electron chi connectivity index (χ4n) is 1.85. The van der Waals surface area contributed by atoms with Gasteiger partial charge in [0.15, 0.2) is 0 Å². The number of halogens is 4. The van der Waals surface area contributed by atoms with Gasteiger partial charge in [0.25, 0.3) is 0 Å². The molecule has 0 aliphatic heterocycles. The lowest BCUT2D eigenvalue weighted by atomic mass is 10.0. The van der Waals surface area contributed by atoms with Crippen molar-refractivity contribution in [3.63, 3.8) is 0 Å². The molecular weight excluding hydrogens is 427 g/mol. The lowest BCUT2D eigenvalue weighted by Gasteiger charge is -2.16. The van der Waals surface area contributed by atoms with Crippen molar-refractivity contribution in [2.45, 2.75) is 11.8 Å². The predicted octanol–water partition coefficient (Wildman–Crippen LogP) is 6.64. The van der Waals surface area contributed by atoms with Crippen molar-refractivity contribution in [3.05, 3.63) is 62.0 Å². The van der Waals surface area contributed by atoms with Gasteiger partial charge in [0.05, 0.1) is 21.5 Å². The molecule has 1 atom stereocenters. The Morgan fingerprint density at radius 2 is 1.90 bits per heavy atom. The van der Waals surface area contributed by atoms with Gasteiger partial charge in [-0.05, 0) is 36.2 Å². The van der Waals surface area contributed by atoms with Gasteiger partial charge >= 0.3 is 0 Å². The van der Waals surface area contributed by atoms with E-state index in [9.17, 15) is 0 Å². The second kappa shape index (κ2) is 7.17. The zero-order chi connectivity index (χ0) is 14.7. The highest BCUT2D eigenvalue weighted by Crippen LogP contribution is 2.41. The number of benzene rings is 2. The third kappa shape index (κ3) is 3.51. The number of hydrogen-bond acceptors (Lipinski definition) is 1. The third-order valence-corrected chi connectivity index (χ3v) is 5.32. The van der Waals surface area contributed by atoms with Gasteiger partial charge in [0.1, 0.15) is 5.75 Å². The molecule has 0 spiro atoms. The van der Waals surface area contributed by atoms with Gasteiger partial charge in [0.2, 0.25) is 0 Å². The molecule has 1 nitrogen and oxygen atoms in total. The van der Waals surface area contributed by atoms with E-state index in [0.717, 1.165) is 21.3 Å². The summed E-state index contributed by atoms with van der Waals surface area (Å²) in [6, 6.07) is 11.5. The van der Waals surface area contributed by atoms with E-state index in [1.165, 1.54) is 0 Å². The number of ether oxygens (including phenoxy) is 1. The van der Waals surface area contributed by atoms with Crippen LogP contribution in [-0.2, 0) is 0 Å². The zero-order valence-corrected chi connectivity index (χ0v) is 15.4. The molecule has 0 bridgehead atoms. The maximum atomic E-state index is 6.27. The normalized spacial score (nSPS) is 12.2. The van der Waals surface area contributed by atoms with E-state index in [1.807, 2.05) is 37.3 Å². The summed E-state index contributed by atoms with van der Waals surface area (Å²) in [5, 5.41) is 1.12. The Balaban J connectivity index is 2.38. The summed E-state index contributed by atoms with van der Waals surface area (Å²) in [5.74, 6) is 0.833. The minimum absolute atomic E-state index is 0.0428. The molecule has 5 heteroatoms. The van der Waals surface area contributed by atoms with Crippen LogP contribution in [-0.4, -0.2) is 6.61 Å². The van der Waals surface area contributed by atoms with Crippen LogP contribution in [0.1, 0.15) is 22.9 Å². The molecule has 2 rings (SSSR count). The third-order valence-electron chi connectivity index (χ3n) is 2.81. The van der Waals surface area contributed by atoms with Gasteiger partial charge in [-0.25, -0.2) is 0 Å². The monoisotopic (exact) mass is 436 g/mol. The van der Waals surface area contributed by atoms with Crippen LogP contribution < -0.4 is 4.74 Å². The maximum absolute atomic E-state index is 6.27. The Bertz CT molecular complexity index is 617. The van der Waals surface area contributed by atoms with E-state index in [4.69, 9.17) is 27.9 Å². The first-order chi connectivity index (χ1) is 9.54. The summed E-state index contributed by atoms with van der Waals surface area (Å²) in [6.45, 7) is 2.60. The molecule has 0 saturated carbocycles. The van der Waals surface area contributed by atoms with Gasteiger partial charge in [-0.1, -0.05) is 73.3 Å². The standard InChI is InChI=1S/C15H12Br2Cl2O/c1-2-20-9-6-7-10(12(16)8-9)14(17)11-4-3-5-13(18)15(11)19/h3-8,14H,2H2,1H3. The molecular formula is C15H12Br2Cl2O. The molecule has 0 amide bonds. The fourth-order valence-corrected chi connectivity index (χ4v) is 4.08. The average Bonchev–Trinajstić information content (AvgIpc) is 2.42. The molecule has 0 aliphatic carbocycles. The van der Waals surface area contributed by atoms with Crippen molar-refractivity contribution in [2.24, 2.45) is 0 Å². The number of hydrogen-bond donors (Lipinski definition) is 0. The van der Waals surface area contributed by atoms with Crippen LogP contribution in [0.3, 0.4) is 0 Å². The van der Waals surface area contributed by atoms with Gasteiger partial charge in [-0.2, -0.15) is 0 Å². The molecule has 0 aliphatic rings. The summed E-state index contributed by atoms with van der Waals surface area (Å²) in [7, 11) is 0. The Kier molecular flexibility index (Phi) is 5.79. The number of rotatable bonds is 4. The minimum atomic E-state index is -0.0428. The van der Waals surface area contributed by atoms with Gasteiger partial charge in [-0.15, -0.1) is 0 Å². The molecule has 2 aromatic rings. The first-order valence-electron chi connectivity index (χ1n) is 6.04. The predicted molar refractivity (Wildman–Crippen MR) is 92.5 cm³/mol. The van der Waals surface area contributed by atoms with Crippen molar-refractivity contribution in [3.8, 4) is 5.75 Å². The highest BCUT2D eigenvalue weighted by molar-refractivity contribution is 9.11. The second-order valence-corrected chi connectivity index (χ2v) is 6.68. The first kappa shape index (κ1) is 16.2. The van der Waals surface area contributed by atoms with E-state index < -0.39 is 0 Å². The Morgan fingerprint density at radius 1 is 1.15 bits per heavy atom. The SMILES string of the molecule is CCOc1ccc(C(Br)c2cccc(Cl)c2Cl)c(Br)c1. The summed E-state index contributed by atoms with van der Waals surface area (Å²) >= 11 is 19.6. The van der Waals surface area contributed by atoms with Crippen LogP contribution in [0.2, 0.25) is 10.0 Å². The largest absolute Gasteiger partial charge is 0.494 e. The van der Waals surface area contributed by atoms with E-state index in [2.05, 4.69) is 31.9 Å². The quantitative estimate of drug-likeness (QED) is 0.486. The molecule has 0 N–H and O–H groups in total. The molecule has 0 aromatic heterocycles. The van der Waals surface area contributed by atoms with E-state index in [-0.39, 0.29) is 4.83 Å². The summed E-state index contributed by atoms with van der Waals surface area (Å²) in [4.78, 5) is -0.0428. The fraction of sp³-hybridized carbons (Fsp3) is 0.200. The van der Waals surface area contributed by atoms with Gasteiger partial charge in [0, 0.05) is 4.47 Å². The van der Waals surface area contributed by atoms with Crippen LogP contribution in [0.15, 0.2) is 40.9 Å². The molecule has 1 unspecified atom stereocenters. The highest BCUT2D eigenvalue weighted by Gasteiger charge is 2.18. The molecule has 2 aromatic carbocycles. The topological polar surface area (TPSA) is 9.23 Å². The Labute approximate surface area is 145 Å². The Hall–Kier alpha value is -0.220. The van der Waals surface area contributed by atoms with E-state index >= 15 is 0 Å². The molecule has 0 radical (unpaired) electrons. The van der Waals surface area contributed by atoms with Gasteiger partial charge in [-0.3, -0.25) is 0 Å². The lowest BCUT2D eigenvalue weighted by Crippen LogP contribution is -1.97. The van der Waals surface area contributed by atoms with E-state index in [1.54, 1.807) is 6.07 Å². The smallest absolute Gasteiger partial charge is 0.120 e. The maximum Gasteiger partial charge on any atom is 0.120 e. The second-order valence-electron chi connectivity index (χ2n) is 4.12. The van der Waals surface area contributed by atoms with Crippen LogP contribution >= 0.6 is 55.1 Å². The van der Waals surface area contributed by atoms with E-state index in [0.29, 0.717) is 16.7 Å². The molecule has 0 fully saturated rings. The van der Waals surface area contributed by atoms with Crippen molar-refractivity contribution >= 4 is 55.1 Å². The minimum Gasteiger partial charge on any atom is -0.494 e. The first-order valence-corrected chi connectivity index (χ1v) is 8.51. The molecule has 0 saturated heterocycles. The van der Waals surface area contributed by atoms with Crippen LogP contribution in [0.4, 0.5) is 0 Å². The van der Waals surface area contributed by atoms with Crippen LogP contribution in [0, 0.1) is 0 Å². The van der Waals surface area contributed by atoms with Crippen molar-refractivity contribution < 1.29 is 4.74 Å². The van der Waals surface area contributed by atoms with Crippen molar-refractivity contribution in [1.29, 1.82) is 0 Å². The van der Waals surface area contributed by atoms with Crippen LogP contribution in [0.5, 0.6) is 5.75 Å². The highest BCUT2D eigenvalue weighted by atomic mass is 79.9. The Morgan fingerprint density at radius 3 is 2.55 bits per heavy atom. The average molecular weight is 439 g/mol. The van der Waals surface area contributed by atoms with Crippen LogP contribution in [0.25, 0.3) is 0 Å². The van der Waals surface area contributed by atoms with Crippen molar-refractivity contribution in [2.75, 3.05) is 6.61 Å². The zero-order valence-electron chi connectivity index (χ0n) is 10.7.